The van der Waals surface area contributed by atoms with E-state index in [2.05, 4.69) is 18.8 Å². The van der Waals surface area contributed by atoms with Crippen molar-refractivity contribution < 1.29 is 13.2 Å². The van der Waals surface area contributed by atoms with Crippen molar-refractivity contribution in [2.45, 2.75) is 29.6 Å². The number of alkyl halides is 3. The molecule has 6 heteroatoms. The summed E-state index contributed by atoms with van der Waals surface area (Å²) in [5.74, 6) is 0. The zero-order valence-corrected chi connectivity index (χ0v) is 12.0. The maximum Gasteiger partial charge on any atom is 0.416 e. The van der Waals surface area contributed by atoms with Crippen molar-refractivity contribution in [3.8, 4) is 11.3 Å². The number of thiazole rings is 1. The molecule has 2 aromatic rings. The molecule has 0 spiro atoms. The van der Waals surface area contributed by atoms with Crippen molar-refractivity contribution in [3.63, 3.8) is 0 Å². The lowest BCUT2D eigenvalue weighted by Gasteiger charge is -2.06. The molecule has 0 radical (unpaired) electrons. The van der Waals surface area contributed by atoms with Crippen LogP contribution in [0.4, 0.5) is 13.2 Å². The Bertz CT molecular complexity index is 544. The zero-order chi connectivity index (χ0) is 14.0. The van der Waals surface area contributed by atoms with E-state index in [1.165, 1.54) is 23.5 Å². The highest BCUT2D eigenvalue weighted by atomic mass is 32.2. The van der Waals surface area contributed by atoms with E-state index in [1.54, 1.807) is 11.8 Å². The Labute approximate surface area is 117 Å². The van der Waals surface area contributed by atoms with Crippen molar-refractivity contribution in [1.82, 2.24) is 4.98 Å². The van der Waals surface area contributed by atoms with Gasteiger partial charge in [-0.15, -0.1) is 11.3 Å². The smallest absolute Gasteiger partial charge is 0.230 e. The van der Waals surface area contributed by atoms with Gasteiger partial charge in [-0.3, -0.25) is 0 Å². The molecule has 0 unspecified atom stereocenters. The second-order valence-electron chi connectivity index (χ2n) is 4.24. The highest BCUT2D eigenvalue weighted by Gasteiger charge is 2.30. The topological polar surface area (TPSA) is 12.9 Å². The Morgan fingerprint density at radius 3 is 2.32 bits per heavy atom. The fourth-order valence-corrected chi connectivity index (χ4v) is 3.53. The van der Waals surface area contributed by atoms with E-state index in [-0.39, 0.29) is 0 Å². The van der Waals surface area contributed by atoms with E-state index < -0.39 is 11.7 Å². The first-order valence-corrected chi connectivity index (χ1v) is 7.42. The molecule has 1 aromatic carbocycles. The first-order chi connectivity index (χ1) is 8.86. The molecule has 0 aliphatic heterocycles. The average Bonchev–Trinajstić information content (AvgIpc) is 2.75. The predicted octanol–water partition coefficient (Wildman–Crippen LogP) is 5.33. The maximum absolute atomic E-state index is 12.5. The van der Waals surface area contributed by atoms with Crippen LogP contribution in [-0.4, -0.2) is 10.2 Å². The van der Waals surface area contributed by atoms with Gasteiger partial charge in [-0.1, -0.05) is 37.7 Å². The summed E-state index contributed by atoms with van der Waals surface area (Å²) in [6.07, 6.45) is -4.29. The van der Waals surface area contributed by atoms with Crippen LogP contribution in [0.5, 0.6) is 0 Å². The Kier molecular flexibility index (Phi) is 4.20. The number of nitrogens with zero attached hydrogens (tertiary/aromatic N) is 1. The van der Waals surface area contributed by atoms with Crippen LogP contribution in [0, 0.1) is 0 Å². The van der Waals surface area contributed by atoms with Gasteiger partial charge in [-0.05, 0) is 12.1 Å². The first-order valence-electron chi connectivity index (χ1n) is 5.66. The molecule has 0 fully saturated rings. The van der Waals surface area contributed by atoms with Gasteiger partial charge in [0.2, 0.25) is 0 Å². The van der Waals surface area contributed by atoms with Crippen molar-refractivity contribution in [3.05, 3.63) is 35.2 Å². The molecular weight excluding hydrogens is 291 g/mol. The van der Waals surface area contributed by atoms with Gasteiger partial charge in [0.15, 0.2) is 4.34 Å². The second-order valence-corrected chi connectivity index (χ2v) is 6.92. The third kappa shape index (κ3) is 3.73. The minimum absolute atomic E-state index is 0.437. The number of rotatable bonds is 3. The molecule has 0 N–H and O–H groups in total. The summed E-state index contributed by atoms with van der Waals surface area (Å²) in [6, 6.07) is 5.09. The Morgan fingerprint density at radius 1 is 1.16 bits per heavy atom. The molecule has 1 nitrogen and oxygen atoms in total. The summed E-state index contributed by atoms with van der Waals surface area (Å²) >= 11 is 3.16. The van der Waals surface area contributed by atoms with Gasteiger partial charge < -0.3 is 0 Å². The van der Waals surface area contributed by atoms with Crippen LogP contribution >= 0.6 is 23.1 Å². The molecule has 0 aliphatic carbocycles. The molecule has 1 aromatic heterocycles. The lowest BCUT2D eigenvalue weighted by molar-refractivity contribution is -0.137. The molecule has 0 bridgehead atoms. The predicted molar refractivity (Wildman–Crippen MR) is 73.5 cm³/mol. The van der Waals surface area contributed by atoms with E-state index in [1.807, 2.05) is 5.38 Å². The van der Waals surface area contributed by atoms with E-state index >= 15 is 0 Å². The van der Waals surface area contributed by atoms with Crippen molar-refractivity contribution in [2.24, 2.45) is 0 Å². The minimum Gasteiger partial charge on any atom is -0.230 e. The van der Waals surface area contributed by atoms with E-state index in [0.717, 1.165) is 22.2 Å². The zero-order valence-electron chi connectivity index (χ0n) is 10.4. The summed E-state index contributed by atoms with van der Waals surface area (Å²) in [5.41, 5.74) is 0.796. The van der Waals surface area contributed by atoms with Crippen LogP contribution in [0.3, 0.4) is 0 Å². The second kappa shape index (κ2) is 5.54. The van der Waals surface area contributed by atoms with Gasteiger partial charge in [0.05, 0.1) is 11.3 Å². The molecule has 0 amide bonds. The summed E-state index contributed by atoms with van der Waals surface area (Å²) in [7, 11) is 0. The van der Waals surface area contributed by atoms with Gasteiger partial charge in [-0.25, -0.2) is 4.98 Å². The van der Waals surface area contributed by atoms with E-state index in [4.69, 9.17) is 0 Å². The molecule has 1 heterocycles. The monoisotopic (exact) mass is 303 g/mol. The van der Waals surface area contributed by atoms with Crippen LogP contribution in [0.1, 0.15) is 19.4 Å². The van der Waals surface area contributed by atoms with E-state index in [9.17, 15) is 13.2 Å². The van der Waals surface area contributed by atoms with Crippen LogP contribution in [0.2, 0.25) is 0 Å². The summed E-state index contributed by atoms with van der Waals surface area (Å²) in [4.78, 5) is 4.41. The molecular formula is C13H12F3NS2. The van der Waals surface area contributed by atoms with Gasteiger partial charge >= 0.3 is 6.18 Å². The first kappa shape index (κ1) is 14.4. The fourth-order valence-electron chi connectivity index (χ4n) is 1.48. The highest BCUT2D eigenvalue weighted by molar-refractivity contribution is 8.01. The van der Waals surface area contributed by atoms with Crippen LogP contribution < -0.4 is 0 Å². The van der Waals surface area contributed by atoms with Crippen LogP contribution in [0.25, 0.3) is 11.3 Å². The largest absolute Gasteiger partial charge is 0.416 e. The Balaban J connectivity index is 2.20. The lowest BCUT2D eigenvalue weighted by Crippen LogP contribution is -2.03. The fraction of sp³-hybridized carbons (Fsp3) is 0.308. The summed E-state index contributed by atoms with van der Waals surface area (Å²) < 4.78 is 38.3. The number of aromatic nitrogens is 1. The number of halogens is 3. The molecule has 0 saturated carbocycles. The van der Waals surface area contributed by atoms with Crippen molar-refractivity contribution in [1.29, 1.82) is 0 Å². The van der Waals surface area contributed by atoms with Gasteiger partial charge in [-0.2, -0.15) is 13.2 Å². The van der Waals surface area contributed by atoms with Crippen LogP contribution in [-0.2, 0) is 6.18 Å². The standard InChI is InChI=1S/C13H12F3NS2/c1-8(2)19-12-17-11(7-18-12)9-3-5-10(6-4-9)13(14,15)16/h3-8H,1-2H3. The minimum atomic E-state index is -4.29. The summed E-state index contributed by atoms with van der Waals surface area (Å²) in [6.45, 7) is 4.15. The van der Waals surface area contributed by atoms with Gasteiger partial charge in [0, 0.05) is 16.2 Å². The average molecular weight is 303 g/mol. The number of hydrogen-bond donors (Lipinski definition) is 0. The number of thioether (sulfide) groups is 1. The van der Waals surface area contributed by atoms with Crippen LogP contribution in [0.15, 0.2) is 34.0 Å². The Morgan fingerprint density at radius 2 is 1.79 bits per heavy atom. The van der Waals surface area contributed by atoms with Crippen molar-refractivity contribution in [2.75, 3.05) is 0 Å². The van der Waals surface area contributed by atoms with Crippen molar-refractivity contribution >= 4 is 23.1 Å². The quantitative estimate of drug-likeness (QED) is 0.711. The number of hydrogen-bond acceptors (Lipinski definition) is 3. The van der Waals surface area contributed by atoms with E-state index in [0.29, 0.717) is 10.8 Å². The third-order valence-corrected chi connectivity index (χ3v) is 4.30. The van der Waals surface area contributed by atoms with Gasteiger partial charge in [0.1, 0.15) is 0 Å². The molecule has 2 rings (SSSR count). The molecule has 0 saturated heterocycles. The maximum atomic E-state index is 12.5. The Hall–Kier alpha value is -1.01. The molecule has 0 aliphatic rings. The van der Waals surface area contributed by atoms with Gasteiger partial charge in [0.25, 0.3) is 0 Å². The molecule has 102 valence electrons. The normalized spacial score (nSPS) is 12.1. The summed E-state index contributed by atoms with van der Waals surface area (Å²) in [5, 5.41) is 2.31. The molecule has 19 heavy (non-hydrogen) atoms. The lowest BCUT2D eigenvalue weighted by atomic mass is 10.1. The third-order valence-electron chi connectivity index (χ3n) is 2.33. The molecule has 0 atom stereocenters. The highest BCUT2D eigenvalue weighted by Crippen LogP contribution is 2.33. The number of benzene rings is 1. The SMILES string of the molecule is CC(C)Sc1nc(-c2ccc(C(F)(F)F)cc2)cs1.